The van der Waals surface area contributed by atoms with Crippen molar-refractivity contribution in [3.63, 3.8) is 0 Å². The van der Waals surface area contributed by atoms with E-state index in [4.69, 9.17) is 0 Å². The first-order chi connectivity index (χ1) is 10.4. The summed E-state index contributed by atoms with van der Waals surface area (Å²) >= 11 is 3.18. The Morgan fingerprint density at radius 2 is 1.95 bits per heavy atom. The first kappa shape index (κ1) is 16.2. The van der Waals surface area contributed by atoms with Crippen molar-refractivity contribution in [2.24, 2.45) is 0 Å². The van der Waals surface area contributed by atoms with Crippen LogP contribution in [0.4, 0.5) is 5.82 Å². The van der Waals surface area contributed by atoms with E-state index in [1.807, 2.05) is 37.3 Å². The second-order valence-electron chi connectivity index (χ2n) is 4.99. The molecule has 0 bridgehead atoms. The number of nitrogens with zero attached hydrogens (tertiary/aromatic N) is 1. The molecule has 0 radical (unpaired) electrons. The molecule has 0 aliphatic rings. The SMILES string of the molecule is CC(=O)Cn1c(=O)[nH]c(N[C@@H](C)c2ccccc2)c(Br)c1=O. The molecule has 1 heterocycles. The zero-order valence-electron chi connectivity index (χ0n) is 12.2. The highest BCUT2D eigenvalue weighted by atomic mass is 79.9. The highest BCUT2D eigenvalue weighted by molar-refractivity contribution is 9.10. The first-order valence-corrected chi connectivity index (χ1v) is 7.53. The zero-order chi connectivity index (χ0) is 16.3. The van der Waals surface area contributed by atoms with E-state index in [0.29, 0.717) is 5.82 Å². The number of carbonyl (C=O) groups excluding carboxylic acids is 1. The van der Waals surface area contributed by atoms with Gasteiger partial charge in [-0.05, 0) is 35.3 Å². The Bertz CT molecular complexity index is 796. The number of nitrogens with one attached hydrogen (secondary N) is 2. The fourth-order valence-electron chi connectivity index (χ4n) is 2.05. The number of benzene rings is 1. The van der Waals surface area contributed by atoms with Gasteiger partial charge in [0.15, 0.2) is 0 Å². The van der Waals surface area contributed by atoms with Gasteiger partial charge < -0.3 is 5.32 Å². The molecule has 1 atom stereocenters. The van der Waals surface area contributed by atoms with Crippen LogP contribution >= 0.6 is 15.9 Å². The molecule has 2 rings (SSSR count). The van der Waals surface area contributed by atoms with E-state index < -0.39 is 11.2 Å². The summed E-state index contributed by atoms with van der Waals surface area (Å²) in [7, 11) is 0. The first-order valence-electron chi connectivity index (χ1n) is 6.73. The Morgan fingerprint density at radius 3 is 2.55 bits per heavy atom. The Morgan fingerprint density at radius 1 is 1.32 bits per heavy atom. The average Bonchev–Trinajstić information content (AvgIpc) is 2.49. The van der Waals surface area contributed by atoms with E-state index >= 15 is 0 Å². The maximum atomic E-state index is 12.2. The van der Waals surface area contributed by atoms with Gasteiger partial charge in [0.25, 0.3) is 5.56 Å². The van der Waals surface area contributed by atoms with Gasteiger partial charge in [-0.3, -0.25) is 19.1 Å². The van der Waals surface area contributed by atoms with Crippen molar-refractivity contribution in [2.75, 3.05) is 5.32 Å². The predicted octanol–water partition coefficient (Wildman–Crippen LogP) is 2.06. The molecule has 7 heteroatoms. The maximum Gasteiger partial charge on any atom is 0.330 e. The van der Waals surface area contributed by atoms with E-state index in [0.717, 1.165) is 10.1 Å². The van der Waals surface area contributed by atoms with Gasteiger partial charge in [-0.2, -0.15) is 0 Å². The summed E-state index contributed by atoms with van der Waals surface area (Å²) in [5.41, 5.74) is -0.143. The lowest BCUT2D eigenvalue weighted by atomic mass is 10.1. The Balaban J connectivity index is 2.35. The van der Waals surface area contributed by atoms with E-state index in [-0.39, 0.29) is 22.8 Å². The highest BCUT2D eigenvalue weighted by Crippen LogP contribution is 2.20. The minimum absolute atomic E-state index is 0.101. The molecule has 2 N–H and O–H groups in total. The molecule has 2 aromatic rings. The molecule has 0 fully saturated rings. The third-order valence-electron chi connectivity index (χ3n) is 3.17. The van der Waals surface area contributed by atoms with E-state index in [2.05, 4.69) is 26.2 Å². The number of Topliss-reactive ketones (excluding diaryl/α,β-unsaturated/α-hetero) is 1. The van der Waals surface area contributed by atoms with Crippen molar-refractivity contribution in [3.05, 3.63) is 61.2 Å². The monoisotopic (exact) mass is 365 g/mol. The Kier molecular flexibility index (Phi) is 4.97. The molecule has 116 valence electrons. The average molecular weight is 366 g/mol. The van der Waals surface area contributed by atoms with Gasteiger partial charge in [0.05, 0.1) is 6.54 Å². The van der Waals surface area contributed by atoms with Crippen molar-refractivity contribution in [2.45, 2.75) is 26.4 Å². The summed E-state index contributed by atoms with van der Waals surface area (Å²) in [6, 6.07) is 9.53. The van der Waals surface area contributed by atoms with Crippen LogP contribution in [0, 0.1) is 0 Å². The number of hydrogen-bond donors (Lipinski definition) is 2. The lowest BCUT2D eigenvalue weighted by Gasteiger charge is -2.16. The van der Waals surface area contributed by atoms with Crippen molar-refractivity contribution < 1.29 is 4.79 Å². The lowest BCUT2D eigenvalue weighted by Crippen LogP contribution is -2.38. The Hall–Kier alpha value is -2.15. The molecule has 0 saturated carbocycles. The van der Waals surface area contributed by atoms with Gasteiger partial charge in [0, 0.05) is 6.04 Å². The second-order valence-corrected chi connectivity index (χ2v) is 5.78. The largest absolute Gasteiger partial charge is 0.364 e. The van der Waals surface area contributed by atoms with E-state index in [1.54, 1.807) is 0 Å². The van der Waals surface area contributed by atoms with Crippen LogP contribution < -0.4 is 16.6 Å². The quantitative estimate of drug-likeness (QED) is 0.849. The van der Waals surface area contributed by atoms with Gasteiger partial charge in [-0.25, -0.2) is 4.79 Å². The number of halogens is 1. The maximum absolute atomic E-state index is 12.2. The van der Waals surface area contributed by atoms with Crippen LogP contribution in [0.3, 0.4) is 0 Å². The molecule has 0 amide bonds. The fraction of sp³-hybridized carbons (Fsp3) is 0.267. The molecule has 0 saturated heterocycles. The molecule has 1 aromatic carbocycles. The van der Waals surface area contributed by atoms with Gasteiger partial charge in [0.1, 0.15) is 16.1 Å². The number of aromatic amines is 1. The number of rotatable bonds is 5. The minimum atomic E-state index is -0.619. The molecule has 6 nitrogen and oxygen atoms in total. The summed E-state index contributed by atoms with van der Waals surface area (Å²) in [5, 5.41) is 3.09. The molecule has 0 spiro atoms. The Labute approximate surface area is 135 Å². The summed E-state index contributed by atoms with van der Waals surface area (Å²) in [4.78, 5) is 37.9. The third kappa shape index (κ3) is 3.54. The highest BCUT2D eigenvalue weighted by Gasteiger charge is 2.15. The van der Waals surface area contributed by atoms with E-state index in [9.17, 15) is 14.4 Å². The van der Waals surface area contributed by atoms with Gasteiger partial charge in [-0.1, -0.05) is 30.3 Å². The van der Waals surface area contributed by atoms with Crippen molar-refractivity contribution >= 4 is 27.5 Å². The minimum Gasteiger partial charge on any atom is -0.364 e. The number of ketones is 1. The number of carbonyl (C=O) groups is 1. The summed E-state index contributed by atoms with van der Waals surface area (Å²) < 4.78 is 1.06. The van der Waals surface area contributed by atoms with Crippen LogP contribution in [0.15, 0.2) is 44.4 Å². The molecule has 0 unspecified atom stereocenters. The lowest BCUT2D eigenvalue weighted by molar-refractivity contribution is -0.117. The predicted molar refractivity (Wildman–Crippen MR) is 88.2 cm³/mol. The topological polar surface area (TPSA) is 84.0 Å². The smallest absolute Gasteiger partial charge is 0.330 e. The number of hydrogen-bond acceptors (Lipinski definition) is 4. The van der Waals surface area contributed by atoms with Crippen molar-refractivity contribution in [3.8, 4) is 0 Å². The van der Waals surface area contributed by atoms with Crippen LogP contribution in [-0.4, -0.2) is 15.3 Å². The van der Waals surface area contributed by atoms with Gasteiger partial charge in [-0.15, -0.1) is 0 Å². The van der Waals surface area contributed by atoms with Gasteiger partial charge in [0.2, 0.25) is 0 Å². The summed E-state index contributed by atoms with van der Waals surface area (Å²) in [6.45, 7) is 2.99. The zero-order valence-corrected chi connectivity index (χ0v) is 13.8. The molecular weight excluding hydrogens is 350 g/mol. The summed E-state index contributed by atoms with van der Waals surface area (Å²) in [5.74, 6) is 0.0315. The number of aromatic nitrogens is 2. The summed E-state index contributed by atoms with van der Waals surface area (Å²) in [6.07, 6.45) is 0. The van der Waals surface area contributed by atoms with Crippen molar-refractivity contribution in [1.29, 1.82) is 0 Å². The van der Waals surface area contributed by atoms with E-state index in [1.165, 1.54) is 6.92 Å². The van der Waals surface area contributed by atoms with Crippen LogP contribution in [-0.2, 0) is 11.3 Å². The van der Waals surface area contributed by atoms with Crippen molar-refractivity contribution in [1.82, 2.24) is 9.55 Å². The van der Waals surface area contributed by atoms with Crippen LogP contribution in [0.1, 0.15) is 25.5 Å². The van der Waals surface area contributed by atoms with Crippen LogP contribution in [0.2, 0.25) is 0 Å². The molecule has 0 aliphatic carbocycles. The number of anilines is 1. The second kappa shape index (κ2) is 6.74. The fourth-order valence-corrected chi connectivity index (χ4v) is 2.48. The molecule has 0 aliphatic heterocycles. The third-order valence-corrected chi connectivity index (χ3v) is 3.91. The normalized spacial score (nSPS) is 12.0. The number of H-pyrrole nitrogens is 1. The molecule has 22 heavy (non-hydrogen) atoms. The van der Waals surface area contributed by atoms with Gasteiger partial charge >= 0.3 is 5.69 Å². The molecular formula is C15H16BrN3O3. The van der Waals surface area contributed by atoms with Crippen LogP contribution in [0.5, 0.6) is 0 Å². The standard InChI is InChI=1S/C15H16BrN3O3/c1-9(20)8-19-14(21)12(16)13(18-15(19)22)17-10(2)11-6-4-3-5-7-11/h3-7,10,17H,8H2,1-2H3,(H,18,22)/t10-/m0/s1. The molecule has 1 aromatic heterocycles. The van der Waals surface area contributed by atoms with Crippen LogP contribution in [0.25, 0.3) is 0 Å².